The first kappa shape index (κ1) is 11.4. The van der Waals surface area contributed by atoms with Crippen LogP contribution >= 0.6 is 0 Å². The van der Waals surface area contributed by atoms with Gasteiger partial charge in [0, 0.05) is 17.3 Å². The number of hydrogen-bond donors (Lipinski definition) is 2. The van der Waals surface area contributed by atoms with Gasteiger partial charge in [-0.2, -0.15) is 5.10 Å². The lowest BCUT2D eigenvalue weighted by atomic mass is 9.60. The zero-order valence-electron chi connectivity index (χ0n) is 11.6. The Hall–Kier alpha value is -2.21. The predicted octanol–water partition coefficient (Wildman–Crippen LogP) is 1.39. The van der Waals surface area contributed by atoms with Gasteiger partial charge in [-0.1, -0.05) is 5.21 Å². The van der Waals surface area contributed by atoms with Gasteiger partial charge in [-0.15, -0.1) is 5.10 Å². The summed E-state index contributed by atoms with van der Waals surface area (Å²) in [6.07, 6.45) is 6.46. The molecule has 21 heavy (non-hydrogen) atoms. The van der Waals surface area contributed by atoms with Crippen LogP contribution in [-0.2, 0) is 5.41 Å². The molecule has 1 aliphatic heterocycles. The van der Waals surface area contributed by atoms with Crippen molar-refractivity contribution in [2.45, 2.75) is 18.3 Å². The summed E-state index contributed by atoms with van der Waals surface area (Å²) in [7, 11) is 0. The van der Waals surface area contributed by atoms with Gasteiger partial charge in [-0.25, -0.2) is 4.68 Å². The minimum Gasteiger partial charge on any atom is -0.315 e. The fourth-order valence-electron chi connectivity index (χ4n) is 3.82. The van der Waals surface area contributed by atoms with Crippen LogP contribution in [0.2, 0.25) is 0 Å². The van der Waals surface area contributed by atoms with Gasteiger partial charge in [-0.3, -0.25) is 5.10 Å². The Morgan fingerprint density at radius 3 is 3.19 bits per heavy atom. The molecular weight excluding hydrogens is 264 g/mol. The van der Waals surface area contributed by atoms with Crippen LogP contribution < -0.4 is 5.32 Å². The van der Waals surface area contributed by atoms with Gasteiger partial charge < -0.3 is 5.32 Å². The molecule has 2 fully saturated rings. The second-order valence-electron chi connectivity index (χ2n) is 6.21. The number of benzene rings is 1. The minimum absolute atomic E-state index is 0.234. The number of nitrogens with zero attached hydrogens (tertiary/aromatic N) is 4. The number of rotatable bonds is 2. The van der Waals surface area contributed by atoms with Crippen molar-refractivity contribution in [2.24, 2.45) is 5.92 Å². The minimum atomic E-state index is 0.234. The van der Waals surface area contributed by atoms with E-state index in [2.05, 4.69) is 38.1 Å². The van der Waals surface area contributed by atoms with E-state index in [-0.39, 0.29) is 5.41 Å². The van der Waals surface area contributed by atoms with E-state index in [1.807, 2.05) is 23.0 Å². The maximum Gasteiger partial charge on any atom is 0.0909 e. The third kappa shape index (κ3) is 1.48. The van der Waals surface area contributed by atoms with E-state index in [0.29, 0.717) is 0 Å². The first-order valence-electron chi connectivity index (χ1n) is 7.42. The summed E-state index contributed by atoms with van der Waals surface area (Å²) in [5, 5.41) is 20.4. The van der Waals surface area contributed by atoms with Crippen molar-refractivity contribution in [3.8, 4) is 5.69 Å². The molecule has 5 rings (SSSR count). The van der Waals surface area contributed by atoms with Crippen molar-refractivity contribution in [3.63, 3.8) is 0 Å². The highest BCUT2D eigenvalue weighted by atomic mass is 15.4. The summed E-state index contributed by atoms with van der Waals surface area (Å²) >= 11 is 0. The van der Waals surface area contributed by atoms with Crippen LogP contribution in [0.5, 0.6) is 0 Å². The Morgan fingerprint density at radius 1 is 1.33 bits per heavy atom. The number of H-pyrrole nitrogens is 1. The van der Waals surface area contributed by atoms with Crippen molar-refractivity contribution in [3.05, 3.63) is 36.3 Å². The van der Waals surface area contributed by atoms with Crippen LogP contribution in [0, 0.1) is 5.92 Å². The van der Waals surface area contributed by atoms with Crippen molar-refractivity contribution in [1.82, 2.24) is 30.5 Å². The summed E-state index contributed by atoms with van der Waals surface area (Å²) in [4.78, 5) is 0. The third-order valence-electron chi connectivity index (χ3n) is 5.24. The molecule has 3 heterocycles. The average molecular weight is 280 g/mol. The molecule has 6 heteroatoms. The van der Waals surface area contributed by atoms with Gasteiger partial charge in [-0.05, 0) is 43.5 Å². The molecule has 1 aromatic carbocycles. The Morgan fingerprint density at radius 2 is 2.33 bits per heavy atom. The molecule has 1 saturated heterocycles. The summed E-state index contributed by atoms with van der Waals surface area (Å²) < 4.78 is 1.88. The van der Waals surface area contributed by atoms with E-state index < -0.39 is 0 Å². The quantitative estimate of drug-likeness (QED) is 0.744. The molecule has 2 aromatic heterocycles. The first-order chi connectivity index (χ1) is 10.4. The monoisotopic (exact) mass is 280 g/mol. The van der Waals surface area contributed by atoms with E-state index in [1.54, 1.807) is 0 Å². The number of fused-ring (bicyclic) bond motifs is 2. The summed E-state index contributed by atoms with van der Waals surface area (Å²) in [6.45, 7) is 2.16. The Balaban J connectivity index is 1.55. The molecule has 2 N–H and O–H groups in total. The Kier molecular flexibility index (Phi) is 2.13. The van der Waals surface area contributed by atoms with Gasteiger partial charge in [0.2, 0.25) is 0 Å². The molecule has 0 unspecified atom stereocenters. The van der Waals surface area contributed by atoms with E-state index >= 15 is 0 Å². The number of aromatic nitrogens is 5. The number of hydrogen-bond acceptors (Lipinski definition) is 4. The van der Waals surface area contributed by atoms with Crippen molar-refractivity contribution < 1.29 is 0 Å². The maximum absolute atomic E-state index is 4.47. The zero-order valence-corrected chi connectivity index (χ0v) is 11.6. The molecule has 6 nitrogen and oxygen atoms in total. The van der Waals surface area contributed by atoms with E-state index in [4.69, 9.17) is 0 Å². The first-order valence-corrected chi connectivity index (χ1v) is 7.42. The molecule has 2 aliphatic rings. The number of nitrogens with one attached hydrogen (secondary N) is 2. The SMILES string of the molecule is c1cc2[nH]ncc2cc1-n1cc([C@]23CC[C@H]2CNC3)nn1. The van der Waals surface area contributed by atoms with E-state index in [0.717, 1.165) is 41.3 Å². The van der Waals surface area contributed by atoms with Gasteiger partial charge in [0.05, 0.1) is 29.3 Å². The molecule has 0 spiro atoms. The predicted molar refractivity (Wildman–Crippen MR) is 78.3 cm³/mol. The molecule has 1 aliphatic carbocycles. The molecule has 106 valence electrons. The van der Waals surface area contributed by atoms with Gasteiger partial charge >= 0.3 is 0 Å². The molecule has 0 bridgehead atoms. The lowest BCUT2D eigenvalue weighted by Crippen LogP contribution is -2.44. The third-order valence-corrected chi connectivity index (χ3v) is 5.24. The fourth-order valence-corrected chi connectivity index (χ4v) is 3.82. The Labute approximate surface area is 121 Å². The second-order valence-corrected chi connectivity index (χ2v) is 6.21. The van der Waals surface area contributed by atoms with Crippen LogP contribution in [0.25, 0.3) is 16.6 Å². The molecule has 0 radical (unpaired) electrons. The Bertz CT molecular complexity index is 818. The van der Waals surface area contributed by atoms with E-state index in [9.17, 15) is 0 Å². The van der Waals surface area contributed by atoms with Gasteiger partial charge in [0.1, 0.15) is 0 Å². The summed E-state index contributed by atoms with van der Waals surface area (Å²) in [5.41, 5.74) is 3.44. The molecule has 2 atom stereocenters. The molecule has 0 amide bonds. The highest BCUT2D eigenvalue weighted by Crippen LogP contribution is 2.50. The van der Waals surface area contributed by atoms with Gasteiger partial charge in [0.25, 0.3) is 0 Å². The topological polar surface area (TPSA) is 71.4 Å². The molecular formula is C15H16N6. The highest BCUT2D eigenvalue weighted by molar-refractivity contribution is 5.80. The van der Waals surface area contributed by atoms with Crippen molar-refractivity contribution in [1.29, 1.82) is 0 Å². The lowest BCUT2D eigenvalue weighted by molar-refractivity contribution is 0.176. The average Bonchev–Trinajstić information content (AvgIpc) is 3.18. The van der Waals surface area contributed by atoms with Crippen LogP contribution in [-0.4, -0.2) is 38.3 Å². The van der Waals surface area contributed by atoms with Crippen LogP contribution in [0.4, 0.5) is 0 Å². The number of aromatic amines is 1. The highest BCUT2D eigenvalue weighted by Gasteiger charge is 2.52. The van der Waals surface area contributed by atoms with Gasteiger partial charge in [0.15, 0.2) is 0 Å². The fraction of sp³-hybridized carbons (Fsp3) is 0.400. The largest absolute Gasteiger partial charge is 0.315 e. The lowest BCUT2D eigenvalue weighted by Gasteiger charge is -2.42. The second kappa shape index (κ2) is 3.92. The normalized spacial score (nSPS) is 27.7. The van der Waals surface area contributed by atoms with Crippen LogP contribution in [0.1, 0.15) is 18.5 Å². The zero-order chi connectivity index (χ0) is 13.9. The smallest absolute Gasteiger partial charge is 0.0909 e. The standard InChI is InChI=1S/C15H16N6/c1-2-13-10(6-17-18-13)5-12(1)21-8-14(19-20-21)15-4-3-11(15)7-16-9-15/h1-2,5-6,8,11,16H,3-4,7,9H2,(H,17,18)/t11-,15-/m0/s1. The van der Waals surface area contributed by atoms with Crippen LogP contribution in [0.3, 0.4) is 0 Å². The summed E-state index contributed by atoms with van der Waals surface area (Å²) in [6, 6.07) is 6.16. The van der Waals surface area contributed by atoms with Crippen molar-refractivity contribution in [2.75, 3.05) is 13.1 Å². The van der Waals surface area contributed by atoms with Crippen LogP contribution in [0.15, 0.2) is 30.6 Å². The summed E-state index contributed by atoms with van der Waals surface area (Å²) in [5.74, 6) is 0.735. The van der Waals surface area contributed by atoms with Crippen molar-refractivity contribution >= 4 is 10.9 Å². The molecule has 3 aromatic rings. The molecule has 1 saturated carbocycles. The van der Waals surface area contributed by atoms with E-state index in [1.165, 1.54) is 12.8 Å². The maximum atomic E-state index is 4.47.